The fourth-order valence-corrected chi connectivity index (χ4v) is 3.75. The maximum Gasteiger partial charge on any atom is 0.240 e. The number of hydrogen-bond donors (Lipinski definition) is 1. The van der Waals surface area contributed by atoms with Crippen molar-refractivity contribution >= 4 is 10.0 Å². The minimum atomic E-state index is -3.51. The van der Waals surface area contributed by atoms with Crippen LogP contribution in [-0.2, 0) is 16.4 Å². The van der Waals surface area contributed by atoms with Crippen molar-refractivity contribution in [1.82, 2.24) is 4.72 Å². The van der Waals surface area contributed by atoms with Crippen molar-refractivity contribution in [3.8, 4) is 5.75 Å². The Balaban J connectivity index is 1.89. The summed E-state index contributed by atoms with van der Waals surface area (Å²) in [6.45, 7) is 4.64. The molecule has 0 aliphatic carbocycles. The summed E-state index contributed by atoms with van der Waals surface area (Å²) in [6.07, 6.45) is 3.65. The van der Waals surface area contributed by atoms with Crippen LogP contribution in [-0.4, -0.2) is 21.1 Å². The topological polar surface area (TPSA) is 55.4 Å². The Morgan fingerprint density at radius 1 is 1.04 bits per heavy atom. The monoisotopic (exact) mass is 361 g/mol. The van der Waals surface area contributed by atoms with E-state index in [1.54, 1.807) is 24.3 Å². The fourth-order valence-electron chi connectivity index (χ4n) is 2.47. The van der Waals surface area contributed by atoms with Crippen LogP contribution in [0.25, 0.3) is 0 Å². The number of ether oxygens (including phenoxy) is 1. The molecule has 136 valence electrons. The molecule has 0 saturated carbocycles. The first-order chi connectivity index (χ1) is 12.0. The standard InChI is InChI=1S/C20H27NO3S/c1-3-4-16-24-19-12-14-20(15-13-19)25(22,23)21-17(2)10-11-18-8-6-5-7-9-18/h5-9,12-15,17,21H,3-4,10-11,16H2,1-2H3. The summed E-state index contributed by atoms with van der Waals surface area (Å²) < 4.78 is 33.3. The quantitative estimate of drug-likeness (QED) is 0.646. The largest absolute Gasteiger partial charge is 0.494 e. The highest BCUT2D eigenvalue weighted by atomic mass is 32.2. The van der Waals surface area contributed by atoms with E-state index in [1.165, 1.54) is 5.56 Å². The summed E-state index contributed by atoms with van der Waals surface area (Å²) in [5.41, 5.74) is 1.21. The lowest BCUT2D eigenvalue weighted by Crippen LogP contribution is -2.32. The van der Waals surface area contributed by atoms with Gasteiger partial charge in [-0.1, -0.05) is 43.7 Å². The summed E-state index contributed by atoms with van der Waals surface area (Å²) in [6, 6.07) is 16.5. The SMILES string of the molecule is CCCCOc1ccc(S(=O)(=O)NC(C)CCc2ccccc2)cc1. The molecule has 2 aromatic rings. The Bertz CT molecular complexity index is 727. The van der Waals surface area contributed by atoms with Gasteiger partial charge < -0.3 is 4.74 Å². The van der Waals surface area contributed by atoms with Crippen molar-refractivity contribution in [3.63, 3.8) is 0 Å². The molecular formula is C20H27NO3S. The van der Waals surface area contributed by atoms with Crippen LogP contribution in [0.3, 0.4) is 0 Å². The number of benzene rings is 2. The van der Waals surface area contributed by atoms with Crippen molar-refractivity contribution in [1.29, 1.82) is 0 Å². The molecule has 0 radical (unpaired) electrons. The maximum atomic E-state index is 12.5. The summed E-state index contributed by atoms with van der Waals surface area (Å²) in [5, 5.41) is 0. The second-order valence-corrected chi connectivity index (χ2v) is 7.93. The molecule has 5 heteroatoms. The molecule has 1 atom stereocenters. The third-order valence-electron chi connectivity index (χ3n) is 3.97. The van der Waals surface area contributed by atoms with Gasteiger partial charge >= 0.3 is 0 Å². The second kappa shape index (κ2) is 9.59. The van der Waals surface area contributed by atoms with E-state index in [9.17, 15) is 8.42 Å². The van der Waals surface area contributed by atoms with E-state index in [1.807, 2.05) is 25.1 Å². The van der Waals surface area contributed by atoms with E-state index in [2.05, 4.69) is 23.8 Å². The molecule has 0 heterocycles. The summed E-state index contributed by atoms with van der Waals surface area (Å²) in [5.74, 6) is 0.699. The van der Waals surface area contributed by atoms with Crippen LogP contribution < -0.4 is 9.46 Å². The smallest absolute Gasteiger partial charge is 0.240 e. The van der Waals surface area contributed by atoms with Crippen LogP contribution in [0.5, 0.6) is 5.75 Å². The average molecular weight is 362 g/mol. The predicted octanol–water partition coefficient (Wildman–Crippen LogP) is 4.17. The van der Waals surface area contributed by atoms with Crippen LogP contribution in [0.4, 0.5) is 0 Å². The zero-order chi connectivity index (χ0) is 18.1. The molecule has 0 aliphatic rings. The van der Waals surface area contributed by atoms with Crippen molar-refractivity contribution in [2.24, 2.45) is 0 Å². The van der Waals surface area contributed by atoms with Gasteiger partial charge in [-0.3, -0.25) is 0 Å². The molecule has 2 rings (SSSR count). The fraction of sp³-hybridized carbons (Fsp3) is 0.400. The molecule has 4 nitrogen and oxygen atoms in total. The average Bonchev–Trinajstić information content (AvgIpc) is 2.61. The second-order valence-electron chi connectivity index (χ2n) is 6.22. The molecule has 0 spiro atoms. The molecule has 0 aliphatic heterocycles. The van der Waals surface area contributed by atoms with E-state index in [0.29, 0.717) is 12.4 Å². The van der Waals surface area contributed by atoms with Gasteiger partial charge in [-0.05, 0) is 56.0 Å². The van der Waals surface area contributed by atoms with Crippen molar-refractivity contribution in [3.05, 3.63) is 60.2 Å². The van der Waals surface area contributed by atoms with E-state index >= 15 is 0 Å². The molecule has 25 heavy (non-hydrogen) atoms. The first-order valence-corrected chi connectivity index (χ1v) is 10.3. The van der Waals surface area contributed by atoms with Gasteiger partial charge in [0.05, 0.1) is 11.5 Å². The Kier molecular flexibility index (Phi) is 7.47. The van der Waals surface area contributed by atoms with Crippen molar-refractivity contribution in [2.45, 2.75) is 50.5 Å². The minimum absolute atomic E-state index is 0.134. The normalized spacial score (nSPS) is 12.7. The molecule has 1 unspecified atom stereocenters. The van der Waals surface area contributed by atoms with E-state index in [-0.39, 0.29) is 10.9 Å². The van der Waals surface area contributed by atoms with Gasteiger partial charge in [-0.15, -0.1) is 0 Å². The lowest BCUT2D eigenvalue weighted by atomic mass is 10.1. The molecule has 0 aromatic heterocycles. The highest BCUT2D eigenvalue weighted by Gasteiger charge is 2.17. The van der Waals surface area contributed by atoms with Gasteiger partial charge in [0.25, 0.3) is 0 Å². The molecule has 0 saturated heterocycles. The molecule has 0 bridgehead atoms. The summed E-state index contributed by atoms with van der Waals surface area (Å²) in [4.78, 5) is 0.266. The molecular weight excluding hydrogens is 334 g/mol. The van der Waals surface area contributed by atoms with Crippen LogP contribution >= 0.6 is 0 Å². The molecule has 2 aromatic carbocycles. The van der Waals surface area contributed by atoms with Gasteiger partial charge in [0.1, 0.15) is 5.75 Å². The number of rotatable bonds is 10. The van der Waals surface area contributed by atoms with Crippen LogP contribution in [0, 0.1) is 0 Å². The van der Waals surface area contributed by atoms with Crippen LogP contribution in [0.1, 0.15) is 38.7 Å². The Morgan fingerprint density at radius 2 is 1.72 bits per heavy atom. The summed E-state index contributed by atoms with van der Waals surface area (Å²) in [7, 11) is -3.51. The molecule has 0 amide bonds. The third-order valence-corrected chi connectivity index (χ3v) is 5.57. The minimum Gasteiger partial charge on any atom is -0.494 e. The molecule has 0 fully saturated rings. The van der Waals surface area contributed by atoms with Gasteiger partial charge in [0, 0.05) is 6.04 Å². The predicted molar refractivity (Wildman–Crippen MR) is 101 cm³/mol. The third kappa shape index (κ3) is 6.52. The Labute approximate surface area is 151 Å². The van der Waals surface area contributed by atoms with Gasteiger partial charge in [-0.25, -0.2) is 13.1 Å². The van der Waals surface area contributed by atoms with E-state index < -0.39 is 10.0 Å². The number of hydrogen-bond acceptors (Lipinski definition) is 3. The zero-order valence-corrected chi connectivity index (χ0v) is 15.8. The number of unbranched alkanes of at least 4 members (excludes halogenated alkanes) is 1. The summed E-state index contributed by atoms with van der Waals surface area (Å²) >= 11 is 0. The lowest BCUT2D eigenvalue weighted by Gasteiger charge is -2.14. The number of aryl methyl sites for hydroxylation is 1. The van der Waals surface area contributed by atoms with Gasteiger partial charge in [-0.2, -0.15) is 0 Å². The van der Waals surface area contributed by atoms with Crippen LogP contribution in [0.15, 0.2) is 59.5 Å². The number of sulfonamides is 1. The first kappa shape index (κ1) is 19.5. The Hall–Kier alpha value is -1.85. The Morgan fingerprint density at radius 3 is 2.36 bits per heavy atom. The van der Waals surface area contributed by atoms with Crippen molar-refractivity contribution < 1.29 is 13.2 Å². The van der Waals surface area contributed by atoms with Gasteiger partial charge in [0.15, 0.2) is 0 Å². The van der Waals surface area contributed by atoms with Crippen molar-refractivity contribution in [2.75, 3.05) is 6.61 Å². The first-order valence-electron chi connectivity index (χ1n) is 8.80. The van der Waals surface area contributed by atoms with E-state index in [0.717, 1.165) is 25.7 Å². The van der Waals surface area contributed by atoms with Crippen LogP contribution in [0.2, 0.25) is 0 Å². The highest BCUT2D eigenvalue weighted by Crippen LogP contribution is 2.17. The van der Waals surface area contributed by atoms with E-state index in [4.69, 9.17) is 4.74 Å². The molecule has 1 N–H and O–H groups in total. The number of nitrogens with one attached hydrogen (secondary N) is 1. The zero-order valence-electron chi connectivity index (χ0n) is 14.9. The maximum absolute atomic E-state index is 12.5. The highest BCUT2D eigenvalue weighted by molar-refractivity contribution is 7.89. The van der Waals surface area contributed by atoms with Gasteiger partial charge in [0.2, 0.25) is 10.0 Å². The lowest BCUT2D eigenvalue weighted by molar-refractivity contribution is 0.309.